The van der Waals surface area contributed by atoms with E-state index in [0.29, 0.717) is 0 Å². The van der Waals surface area contributed by atoms with E-state index in [1.54, 1.807) is 0 Å². The van der Waals surface area contributed by atoms with Crippen LogP contribution in [0.1, 0.15) is 22.3 Å². The molecule has 0 radical (unpaired) electrons. The molecule has 0 unspecified atom stereocenters. The first-order valence-electron chi connectivity index (χ1n) is 11.7. The Bertz CT molecular complexity index is 1660. The van der Waals surface area contributed by atoms with E-state index in [0.717, 1.165) is 56.7 Å². The molecule has 2 aromatic heterocycles. The van der Waals surface area contributed by atoms with E-state index in [4.69, 9.17) is 8.83 Å². The van der Waals surface area contributed by atoms with E-state index >= 15 is 0 Å². The van der Waals surface area contributed by atoms with Crippen LogP contribution in [0.2, 0.25) is 0 Å². The zero-order valence-electron chi connectivity index (χ0n) is 18.6. The molecular formula is C32H22O2. The van der Waals surface area contributed by atoms with Crippen LogP contribution in [-0.2, 0) is 12.8 Å². The Morgan fingerprint density at radius 2 is 0.794 bits per heavy atom. The lowest BCUT2D eigenvalue weighted by Gasteiger charge is -2.02. The van der Waals surface area contributed by atoms with Crippen molar-refractivity contribution in [3.63, 3.8) is 0 Å². The maximum absolute atomic E-state index is 6.20. The lowest BCUT2D eigenvalue weighted by atomic mass is 10.0. The van der Waals surface area contributed by atoms with Crippen LogP contribution < -0.4 is 0 Å². The van der Waals surface area contributed by atoms with Gasteiger partial charge in [0.05, 0.1) is 0 Å². The van der Waals surface area contributed by atoms with Crippen LogP contribution in [0.15, 0.2) is 118 Å². The van der Waals surface area contributed by atoms with Gasteiger partial charge in [-0.25, -0.2) is 0 Å². The molecule has 0 aliphatic heterocycles. The van der Waals surface area contributed by atoms with Crippen LogP contribution in [0.4, 0.5) is 0 Å². The van der Waals surface area contributed by atoms with E-state index < -0.39 is 0 Å². The maximum Gasteiger partial charge on any atom is 0.139 e. The predicted molar refractivity (Wildman–Crippen MR) is 139 cm³/mol. The minimum Gasteiger partial charge on any atom is -0.456 e. The number of hydrogen-bond donors (Lipinski definition) is 0. The van der Waals surface area contributed by atoms with Gasteiger partial charge < -0.3 is 8.83 Å². The summed E-state index contributed by atoms with van der Waals surface area (Å²) in [4.78, 5) is 0. The Morgan fingerprint density at radius 1 is 0.353 bits per heavy atom. The van der Waals surface area contributed by atoms with E-state index in [9.17, 15) is 0 Å². The van der Waals surface area contributed by atoms with Gasteiger partial charge in [0, 0.05) is 27.6 Å². The summed E-state index contributed by atoms with van der Waals surface area (Å²) in [5.74, 6) is 0. The highest BCUT2D eigenvalue weighted by atomic mass is 16.3. The SMILES string of the molecule is c1ccc(Cc2ccc3oc4cc5oc6ccc(Cc7ccccc7)cc6c5cc4c3c2)cc1. The fourth-order valence-electron chi connectivity index (χ4n) is 5.02. The number of hydrogen-bond acceptors (Lipinski definition) is 2. The van der Waals surface area contributed by atoms with Crippen LogP contribution in [0, 0.1) is 0 Å². The van der Waals surface area contributed by atoms with Crippen LogP contribution >= 0.6 is 0 Å². The molecule has 5 aromatic carbocycles. The first-order valence-corrected chi connectivity index (χ1v) is 11.7. The van der Waals surface area contributed by atoms with E-state index in [-0.39, 0.29) is 0 Å². The van der Waals surface area contributed by atoms with Gasteiger partial charge in [0.15, 0.2) is 0 Å². The summed E-state index contributed by atoms with van der Waals surface area (Å²) in [5.41, 5.74) is 8.73. The molecule has 0 saturated carbocycles. The number of benzene rings is 5. The van der Waals surface area contributed by atoms with Crippen LogP contribution in [-0.4, -0.2) is 0 Å². The van der Waals surface area contributed by atoms with Crippen molar-refractivity contribution in [2.45, 2.75) is 12.8 Å². The molecule has 0 fully saturated rings. The normalized spacial score (nSPS) is 11.8. The molecule has 0 N–H and O–H groups in total. The summed E-state index contributed by atoms with van der Waals surface area (Å²) in [6.07, 6.45) is 1.81. The van der Waals surface area contributed by atoms with Crippen LogP contribution in [0.3, 0.4) is 0 Å². The largest absolute Gasteiger partial charge is 0.456 e. The highest BCUT2D eigenvalue weighted by Crippen LogP contribution is 2.37. The summed E-state index contributed by atoms with van der Waals surface area (Å²) < 4.78 is 12.4. The minimum absolute atomic E-state index is 0.864. The Morgan fingerprint density at radius 3 is 1.26 bits per heavy atom. The highest BCUT2D eigenvalue weighted by molar-refractivity contribution is 6.15. The maximum atomic E-state index is 6.20. The quantitative estimate of drug-likeness (QED) is 0.275. The second-order valence-corrected chi connectivity index (χ2v) is 9.03. The molecule has 0 aliphatic rings. The Balaban J connectivity index is 1.36. The molecule has 0 amide bonds. The molecule has 0 atom stereocenters. The average Bonchev–Trinajstić information content (AvgIpc) is 3.40. The molecule has 0 aliphatic carbocycles. The lowest BCUT2D eigenvalue weighted by molar-refractivity contribution is 0.656. The summed E-state index contributed by atoms with van der Waals surface area (Å²) >= 11 is 0. The number of furan rings is 2. The smallest absolute Gasteiger partial charge is 0.139 e. The number of rotatable bonds is 4. The van der Waals surface area contributed by atoms with Crippen LogP contribution in [0.5, 0.6) is 0 Å². The van der Waals surface area contributed by atoms with Crippen molar-refractivity contribution < 1.29 is 8.83 Å². The Hall–Kier alpha value is -4.30. The van der Waals surface area contributed by atoms with E-state index in [2.05, 4.69) is 103 Å². The van der Waals surface area contributed by atoms with Crippen molar-refractivity contribution in [1.82, 2.24) is 0 Å². The van der Waals surface area contributed by atoms with Gasteiger partial charge in [-0.05, 0) is 65.4 Å². The molecule has 162 valence electrons. The van der Waals surface area contributed by atoms with Crippen molar-refractivity contribution >= 4 is 43.9 Å². The minimum atomic E-state index is 0.864. The molecular weight excluding hydrogens is 416 g/mol. The summed E-state index contributed by atoms with van der Waals surface area (Å²) in [5, 5.41) is 4.57. The molecule has 0 saturated heterocycles. The average molecular weight is 439 g/mol. The highest BCUT2D eigenvalue weighted by Gasteiger charge is 2.14. The lowest BCUT2D eigenvalue weighted by Crippen LogP contribution is -1.87. The van der Waals surface area contributed by atoms with E-state index in [1.165, 1.54) is 22.3 Å². The third-order valence-corrected chi connectivity index (χ3v) is 6.69. The zero-order chi connectivity index (χ0) is 22.5. The first kappa shape index (κ1) is 19.2. The van der Waals surface area contributed by atoms with Gasteiger partial charge in [-0.2, -0.15) is 0 Å². The topological polar surface area (TPSA) is 26.3 Å². The summed E-state index contributed by atoms with van der Waals surface area (Å²) in [6, 6.07) is 38.5. The Kier molecular flexibility index (Phi) is 4.31. The van der Waals surface area contributed by atoms with Crippen molar-refractivity contribution in [1.29, 1.82) is 0 Å². The molecule has 7 aromatic rings. The first-order chi connectivity index (χ1) is 16.8. The van der Waals surface area contributed by atoms with E-state index in [1.807, 2.05) is 6.07 Å². The molecule has 0 bridgehead atoms. The fraction of sp³-hybridized carbons (Fsp3) is 0.0625. The second-order valence-electron chi connectivity index (χ2n) is 9.03. The number of fused-ring (bicyclic) bond motifs is 6. The van der Waals surface area contributed by atoms with Crippen molar-refractivity contribution in [2.24, 2.45) is 0 Å². The van der Waals surface area contributed by atoms with Gasteiger partial charge in [-0.1, -0.05) is 72.8 Å². The standard InChI is InChI=1S/C32H22O2/c1-3-7-21(8-4-1)15-23-11-13-29-25(17-23)27-19-28-26-18-24(16-22-9-5-2-6-10-22)12-14-30(26)34-32(28)20-31(27)33-29/h1-14,17-20H,15-16H2. The van der Waals surface area contributed by atoms with Gasteiger partial charge in [0.2, 0.25) is 0 Å². The molecule has 2 nitrogen and oxygen atoms in total. The zero-order valence-corrected chi connectivity index (χ0v) is 18.6. The predicted octanol–water partition coefficient (Wildman–Crippen LogP) is 8.67. The molecule has 2 heteroatoms. The van der Waals surface area contributed by atoms with Crippen molar-refractivity contribution in [3.05, 3.63) is 131 Å². The monoisotopic (exact) mass is 438 g/mol. The fourth-order valence-corrected chi connectivity index (χ4v) is 5.02. The third-order valence-electron chi connectivity index (χ3n) is 6.69. The molecule has 2 heterocycles. The van der Waals surface area contributed by atoms with Crippen LogP contribution in [0.25, 0.3) is 43.9 Å². The molecule has 34 heavy (non-hydrogen) atoms. The third kappa shape index (κ3) is 3.27. The molecule has 0 spiro atoms. The summed E-state index contributed by atoms with van der Waals surface area (Å²) in [7, 11) is 0. The second kappa shape index (κ2) is 7.64. The van der Waals surface area contributed by atoms with Gasteiger partial charge in [0.25, 0.3) is 0 Å². The van der Waals surface area contributed by atoms with Gasteiger partial charge >= 0.3 is 0 Å². The Labute approximate surface area is 197 Å². The van der Waals surface area contributed by atoms with Gasteiger partial charge in [0.1, 0.15) is 22.3 Å². The van der Waals surface area contributed by atoms with Crippen molar-refractivity contribution in [2.75, 3.05) is 0 Å². The van der Waals surface area contributed by atoms with Gasteiger partial charge in [-0.3, -0.25) is 0 Å². The van der Waals surface area contributed by atoms with Gasteiger partial charge in [-0.15, -0.1) is 0 Å². The molecule has 7 rings (SSSR count). The summed E-state index contributed by atoms with van der Waals surface area (Å²) in [6.45, 7) is 0. The van der Waals surface area contributed by atoms with Crippen molar-refractivity contribution in [3.8, 4) is 0 Å².